The summed E-state index contributed by atoms with van der Waals surface area (Å²) < 4.78 is 5.62. The number of amides is 1. The quantitative estimate of drug-likeness (QED) is 0.668. The van der Waals surface area contributed by atoms with Crippen LogP contribution < -0.4 is 5.32 Å². The summed E-state index contributed by atoms with van der Waals surface area (Å²) in [5.41, 5.74) is 1.76. The third-order valence-electron chi connectivity index (χ3n) is 3.76. The van der Waals surface area contributed by atoms with Gasteiger partial charge in [-0.15, -0.1) is 0 Å². The highest BCUT2D eigenvalue weighted by molar-refractivity contribution is 9.10. The van der Waals surface area contributed by atoms with Crippen LogP contribution in [0.1, 0.15) is 30.0 Å². The van der Waals surface area contributed by atoms with Crippen molar-refractivity contribution in [1.29, 1.82) is 0 Å². The molecule has 0 saturated carbocycles. The maximum Gasteiger partial charge on any atom is 0.307 e. The maximum atomic E-state index is 12.3. The minimum absolute atomic E-state index is 0.0742. The van der Waals surface area contributed by atoms with Gasteiger partial charge in [-0.2, -0.15) is 0 Å². The number of rotatable bonds is 7. The molecule has 0 aliphatic heterocycles. The molecule has 2 aromatic rings. The number of ether oxygens (including phenoxy) is 1. The Hall–Kier alpha value is -1.85. The maximum absolute atomic E-state index is 12.3. The van der Waals surface area contributed by atoms with Crippen molar-refractivity contribution in [3.63, 3.8) is 0 Å². The molecule has 2 rings (SSSR count). The van der Waals surface area contributed by atoms with Crippen LogP contribution in [0.2, 0.25) is 5.02 Å². The number of halogens is 2. The Kier molecular flexibility index (Phi) is 7.47. The van der Waals surface area contributed by atoms with E-state index in [0.29, 0.717) is 11.4 Å². The highest BCUT2D eigenvalue weighted by Gasteiger charge is 2.19. The second kappa shape index (κ2) is 9.59. The summed E-state index contributed by atoms with van der Waals surface area (Å²) in [7, 11) is 1.33. The van der Waals surface area contributed by atoms with Crippen LogP contribution in [0.3, 0.4) is 0 Å². The first-order chi connectivity index (χ1) is 12.0. The lowest BCUT2D eigenvalue weighted by Gasteiger charge is -2.18. The second-order valence-electron chi connectivity index (χ2n) is 5.55. The predicted molar refractivity (Wildman–Crippen MR) is 101 cm³/mol. The van der Waals surface area contributed by atoms with E-state index in [0.717, 1.165) is 15.6 Å². The Morgan fingerprint density at radius 3 is 2.64 bits per heavy atom. The van der Waals surface area contributed by atoms with Crippen LogP contribution in [-0.2, 0) is 20.7 Å². The fourth-order valence-electron chi connectivity index (χ4n) is 2.44. The Morgan fingerprint density at radius 2 is 1.96 bits per heavy atom. The van der Waals surface area contributed by atoms with Gasteiger partial charge in [0.15, 0.2) is 0 Å². The average Bonchev–Trinajstić information content (AvgIpc) is 2.60. The molecule has 1 unspecified atom stereocenters. The summed E-state index contributed by atoms with van der Waals surface area (Å²) in [4.78, 5) is 24.0. The lowest BCUT2D eigenvalue weighted by atomic mass is 10.0. The summed E-state index contributed by atoms with van der Waals surface area (Å²) in [5, 5.41) is 3.56. The van der Waals surface area contributed by atoms with E-state index in [2.05, 4.69) is 21.2 Å². The molecule has 0 bridgehead atoms. The lowest BCUT2D eigenvalue weighted by Crippen LogP contribution is -2.30. The van der Waals surface area contributed by atoms with Crippen molar-refractivity contribution in [1.82, 2.24) is 5.32 Å². The van der Waals surface area contributed by atoms with Crippen molar-refractivity contribution >= 4 is 39.4 Å². The van der Waals surface area contributed by atoms with Crippen LogP contribution in [0, 0.1) is 0 Å². The first-order valence-electron chi connectivity index (χ1n) is 7.84. The van der Waals surface area contributed by atoms with Gasteiger partial charge in [-0.25, -0.2) is 0 Å². The van der Waals surface area contributed by atoms with Crippen molar-refractivity contribution in [2.24, 2.45) is 0 Å². The van der Waals surface area contributed by atoms with Crippen LogP contribution in [0.25, 0.3) is 0 Å². The van der Waals surface area contributed by atoms with E-state index in [9.17, 15) is 9.59 Å². The number of hydrogen-bond acceptors (Lipinski definition) is 3. The van der Waals surface area contributed by atoms with Gasteiger partial charge < -0.3 is 10.1 Å². The van der Waals surface area contributed by atoms with Gasteiger partial charge in [0.1, 0.15) is 0 Å². The van der Waals surface area contributed by atoms with Crippen LogP contribution in [-0.4, -0.2) is 19.0 Å². The third-order valence-corrected chi connectivity index (χ3v) is 4.63. The Balaban J connectivity index is 2.04. The number of nitrogens with one attached hydrogen (secondary N) is 1. The van der Waals surface area contributed by atoms with E-state index >= 15 is 0 Å². The third kappa shape index (κ3) is 6.18. The summed E-state index contributed by atoms with van der Waals surface area (Å²) in [6.45, 7) is 0. The van der Waals surface area contributed by atoms with Crippen molar-refractivity contribution in [2.75, 3.05) is 7.11 Å². The smallest absolute Gasteiger partial charge is 0.307 e. The minimum Gasteiger partial charge on any atom is -0.469 e. The van der Waals surface area contributed by atoms with Crippen LogP contribution >= 0.6 is 27.5 Å². The number of methoxy groups -OCH3 is 1. The molecule has 6 heteroatoms. The van der Waals surface area contributed by atoms with Gasteiger partial charge in [-0.1, -0.05) is 57.9 Å². The Morgan fingerprint density at radius 1 is 1.20 bits per heavy atom. The van der Waals surface area contributed by atoms with E-state index < -0.39 is 6.04 Å². The topological polar surface area (TPSA) is 55.4 Å². The zero-order valence-corrected chi connectivity index (χ0v) is 16.1. The molecule has 0 fully saturated rings. The number of carbonyl (C=O) groups excluding carboxylic acids is 2. The number of esters is 1. The fraction of sp³-hybridized carbons (Fsp3) is 0.263. The summed E-state index contributed by atoms with van der Waals surface area (Å²) in [6.07, 6.45) is 0.898. The van der Waals surface area contributed by atoms with E-state index in [1.54, 1.807) is 6.07 Å². The van der Waals surface area contributed by atoms with E-state index in [4.69, 9.17) is 16.3 Å². The molecule has 1 amide bonds. The molecule has 0 aliphatic rings. The first-order valence-corrected chi connectivity index (χ1v) is 9.01. The molecule has 1 atom stereocenters. The number of hydrogen-bond donors (Lipinski definition) is 1. The van der Waals surface area contributed by atoms with Crippen molar-refractivity contribution < 1.29 is 14.3 Å². The zero-order valence-electron chi connectivity index (χ0n) is 13.8. The number of aryl methyl sites for hydroxylation is 1. The largest absolute Gasteiger partial charge is 0.469 e. The number of benzene rings is 2. The van der Waals surface area contributed by atoms with Gasteiger partial charge in [0.25, 0.3) is 0 Å². The SMILES string of the molecule is COC(=O)CC(NC(=O)CCc1ccccc1Cl)c1cccc(Br)c1. The molecular formula is C19H19BrClNO3. The zero-order chi connectivity index (χ0) is 18.2. The molecule has 0 heterocycles. The van der Waals surface area contributed by atoms with Crippen molar-refractivity contribution in [3.05, 3.63) is 69.2 Å². The molecule has 1 N–H and O–H groups in total. The molecule has 4 nitrogen and oxygen atoms in total. The highest BCUT2D eigenvalue weighted by Crippen LogP contribution is 2.22. The summed E-state index contributed by atoms with van der Waals surface area (Å²) in [5.74, 6) is -0.523. The normalized spacial score (nSPS) is 11.6. The van der Waals surface area contributed by atoms with Gasteiger partial charge in [0.05, 0.1) is 19.6 Å². The molecule has 0 radical (unpaired) electrons. The molecule has 2 aromatic carbocycles. The summed E-state index contributed by atoms with van der Waals surface area (Å²) in [6, 6.07) is 14.5. The molecule has 0 aromatic heterocycles. The Bertz CT molecular complexity index is 751. The van der Waals surface area contributed by atoms with Gasteiger partial charge in [0.2, 0.25) is 5.91 Å². The van der Waals surface area contributed by atoms with Crippen LogP contribution in [0.15, 0.2) is 53.0 Å². The fourth-order valence-corrected chi connectivity index (χ4v) is 3.09. The van der Waals surface area contributed by atoms with Gasteiger partial charge in [0, 0.05) is 15.9 Å². The molecule has 0 saturated heterocycles. The highest BCUT2D eigenvalue weighted by atomic mass is 79.9. The monoisotopic (exact) mass is 423 g/mol. The lowest BCUT2D eigenvalue weighted by molar-refractivity contribution is -0.141. The van der Waals surface area contributed by atoms with Gasteiger partial charge in [-0.3, -0.25) is 9.59 Å². The molecule has 0 aliphatic carbocycles. The van der Waals surface area contributed by atoms with E-state index in [-0.39, 0.29) is 24.7 Å². The standard InChI is InChI=1S/C19H19BrClNO3/c1-25-19(24)12-17(14-6-4-7-15(20)11-14)22-18(23)10-9-13-5-2-3-8-16(13)21/h2-8,11,17H,9-10,12H2,1H3,(H,22,23). The van der Waals surface area contributed by atoms with Crippen molar-refractivity contribution in [2.45, 2.75) is 25.3 Å². The van der Waals surface area contributed by atoms with Crippen LogP contribution in [0.4, 0.5) is 0 Å². The van der Waals surface area contributed by atoms with Gasteiger partial charge >= 0.3 is 5.97 Å². The van der Waals surface area contributed by atoms with Crippen molar-refractivity contribution in [3.8, 4) is 0 Å². The predicted octanol–water partition coefficient (Wildman–Crippen LogP) is 4.46. The number of carbonyl (C=O) groups is 2. The van der Waals surface area contributed by atoms with E-state index in [1.807, 2.05) is 42.5 Å². The van der Waals surface area contributed by atoms with E-state index in [1.165, 1.54) is 7.11 Å². The van der Waals surface area contributed by atoms with Gasteiger partial charge in [-0.05, 0) is 35.7 Å². The first kappa shape index (κ1) is 19.5. The molecule has 0 spiro atoms. The molecule has 25 heavy (non-hydrogen) atoms. The van der Waals surface area contributed by atoms with Crippen LogP contribution in [0.5, 0.6) is 0 Å². The second-order valence-corrected chi connectivity index (χ2v) is 6.87. The molecular weight excluding hydrogens is 406 g/mol. The Labute approximate surface area is 160 Å². The average molecular weight is 425 g/mol. The summed E-state index contributed by atoms with van der Waals surface area (Å²) >= 11 is 9.52. The minimum atomic E-state index is -0.441. The molecule has 132 valence electrons.